The second-order valence-corrected chi connectivity index (χ2v) is 11.9. The largest absolute Gasteiger partial charge is 0.245 e. The zero-order valence-corrected chi connectivity index (χ0v) is 26.0. The van der Waals surface area contributed by atoms with Gasteiger partial charge in [-0.2, -0.15) is 0 Å². The van der Waals surface area contributed by atoms with Gasteiger partial charge in [-0.3, -0.25) is 0 Å². The average molecular weight is 613 g/mol. The summed E-state index contributed by atoms with van der Waals surface area (Å²) in [6.07, 6.45) is 0. The lowest BCUT2D eigenvalue weighted by Crippen LogP contribution is -1.96. The second kappa shape index (κ2) is 11.7. The van der Waals surface area contributed by atoms with Crippen LogP contribution in [0.5, 0.6) is 0 Å². The van der Waals surface area contributed by atoms with Gasteiger partial charge >= 0.3 is 0 Å². The molecule has 0 bridgehead atoms. The lowest BCUT2D eigenvalue weighted by Gasteiger charge is -2.13. The molecule has 9 rings (SSSR count). The highest BCUT2D eigenvalue weighted by atomic mass is 14.9. The molecule has 0 amide bonds. The summed E-state index contributed by atoms with van der Waals surface area (Å²) < 4.78 is 0. The minimum atomic E-state index is 0.711. The van der Waals surface area contributed by atoms with Crippen molar-refractivity contribution < 1.29 is 0 Å². The highest BCUT2D eigenvalue weighted by Crippen LogP contribution is 2.36. The van der Waals surface area contributed by atoms with Crippen molar-refractivity contribution in [2.75, 3.05) is 0 Å². The predicted molar refractivity (Wildman–Crippen MR) is 197 cm³/mol. The fourth-order valence-electron chi connectivity index (χ4n) is 6.44. The first kappa shape index (κ1) is 27.8. The van der Waals surface area contributed by atoms with Crippen molar-refractivity contribution >= 4 is 32.7 Å². The van der Waals surface area contributed by atoms with Crippen molar-refractivity contribution in [3.05, 3.63) is 170 Å². The van der Waals surface area contributed by atoms with Crippen LogP contribution in [0.2, 0.25) is 0 Å². The van der Waals surface area contributed by atoms with Gasteiger partial charge in [0.25, 0.3) is 0 Å². The van der Waals surface area contributed by atoms with Gasteiger partial charge in [0.1, 0.15) is 0 Å². The maximum absolute atomic E-state index is 5.17. The van der Waals surface area contributed by atoms with E-state index in [1.165, 1.54) is 0 Å². The third-order valence-electron chi connectivity index (χ3n) is 8.89. The van der Waals surface area contributed by atoms with Crippen LogP contribution in [0.3, 0.4) is 0 Å². The van der Waals surface area contributed by atoms with E-state index in [-0.39, 0.29) is 0 Å². The fraction of sp³-hybridized carbons (Fsp3) is 0. The first-order valence-corrected chi connectivity index (χ1v) is 16.1. The zero-order chi connectivity index (χ0) is 31.9. The number of rotatable bonds is 5. The lowest BCUT2D eigenvalue weighted by atomic mass is 9.97. The van der Waals surface area contributed by atoms with E-state index in [9.17, 15) is 0 Å². The van der Waals surface area contributed by atoms with Crippen LogP contribution in [0.15, 0.2) is 170 Å². The molecule has 0 fully saturated rings. The monoisotopic (exact) mass is 612 g/mol. The molecule has 0 aliphatic carbocycles. The van der Waals surface area contributed by atoms with E-state index in [2.05, 4.69) is 127 Å². The van der Waals surface area contributed by atoms with Gasteiger partial charge in [0.15, 0.2) is 5.82 Å². The summed E-state index contributed by atoms with van der Waals surface area (Å²) in [5.74, 6) is 0.711. The van der Waals surface area contributed by atoms with Gasteiger partial charge in [-0.25, -0.2) is 19.9 Å². The van der Waals surface area contributed by atoms with E-state index < -0.39 is 0 Å². The van der Waals surface area contributed by atoms with E-state index in [1.807, 2.05) is 42.5 Å². The maximum atomic E-state index is 5.17. The van der Waals surface area contributed by atoms with Crippen molar-refractivity contribution in [2.24, 2.45) is 0 Å². The number of hydrogen-bond acceptors (Lipinski definition) is 4. The molecule has 224 valence electrons. The third kappa shape index (κ3) is 4.97. The molecule has 0 unspecified atom stereocenters. The third-order valence-corrected chi connectivity index (χ3v) is 8.89. The molecule has 0 spiro atoms. The number of hydrogen-bond donors (Lipinski definition) is 0. The van der Waals surface area contributed by atoms with Gasteiger partial charge in [0, 0.05) is 44.0 Å². The Morgan fingerprint density at radius 2 is 0.792 bits per heavy atom. The summed E-state index contributed by atoms with van der Waals surface area (Å²) in [5, 5.41) is 3.16. The normalized spacial score (nSPS) is 11.3. The Bertz CT molecular complexity index is 2580. The highest BCUT2D eigenvalue weighted by Gasteiger charge is 2.15. The minimum Gasteiger partial charge on any atom is -0.245 e. The quantitative estimate of drug-likeness (QED) is 0.181. The number of nitrogens with zero attached hydrogens (tertiary/aromatic N) is 4. The molecule has 9 aromatic rings. The Morgan fingerprint density at radius 1 is 0.292 bits per heavy atom. The first-order chi connectivity index (χ1) is 23.8. The molecule has 3 aromatic heterocycles. The number of fused-ring (bicyclic) bond motifs is 4. The van der Waals surface area contributed by atoms with Gasteiger partial charge in [0.2, 0.25) is 0 Å². The van der Waals surface area contributed by atoms with Crippen molar-refractivity contribution in [1.29, 1.82) is 0 Å². The molecule has 4 heteroatoms. The van der Waals surface area contributed by atoms with Crippen LogP contribution in [0.1, 0.15) is 0 Å². The molecular formula is C44H28N4. The van der Waals surface area contributed by atoms with Crippen molar-refractivity contribution in [3.8, 4) is 56.3 Å². The Kier molecular flexibility index (Phi) is 6.76. The molecule has 0 radical (unpaired) electrons. The van der Waals surface area contributed by atoms with Crippen molar-refractivity contribution in [3.63, 3.8) is 0 Å². The Hall–Kier alpha value is -6.52. The van der Waals surface area contributed by atoms with Crippen LogP contribution in [0.4, 0.5) is 0 Å². The Balaban J connectivity index is 1.15. The molecule has 4 nitrogen and oxygen atoms in total. The average Bonchev–Trinajstić information content (AvgIpc) is 3.18. The topological polar surface area (TPSA) is 51.6 Å². The zero-order valence-electron chi connectivity index (χ0n) is 26.0. The van der Waals surface area contributed by atoms with Gasteiger partial charge in [-0.05, 0) is 17.7 Å². The molecule has 0 atom stereocenters. The standard InChI is InChI=1S/C44H28N4/c1-4-11-30(12-5-1)38-27-25-33-23-24-34-26-28-39(46-42(34)41(33)45-38)31-21-19-29(20-22-31)36-17-10-18-37-40(32-13-6-2-7-14-32)47-44(48-43(36)37)35-15-8-3-9-16-35/h1-28H. The van der Waals surface area contributed by atoms with Crippen LogP contribution in [-0.2, 0) is 0 Å². The molecule has 0 N–H and O–H groups in total. The number of aromatic nitrogens is 4. The molecule has 0 aliphatic heterocycles. The number of pyridine rings is 2. The molecular weight excluding hydrogens is 585 g/mol. The number of para-hydroxylation sites is 1. The Labute approximate surface area is 278 Å². The molecule has 0 aliphatic rings. The molecule has 3 heterocycles. The summed E-state index contributed by atoms with van der Waals surface area (Å²) in [5.41, 5.74) is 11.8. The fourth-order valence-corrected chi connectivity index (χ4v) is 6.44. The predicted octanol–water partition coefficient (Wildman–Crippen LogP) is 11.1. The summed E-state index contributed by atoms with van der Waals surface area (Å²) in [7, 11) is 0. The van der Waals surface area contributed by atoms with E-state index >= 15 is 0 Å². The maximum Gasteiger partial charge on any atom is 0.160 e. The SMILES string of the molecule is c1ccc(-c2ccc3ccc4ccc(-c5ccc(-c6cccc7c(-c8ccccc8)nc(-c8ccccc8)nc67)cc5)nc4c3n2)cc1. The molecule has 6 aromatic carbocycles. The van der Waals surface area contributed by atoms with E-state index in [4.69, 9.17) is 19.9 Å². The summed E-state index contributed by atoms with van der Waals surface area (Å²) >= 11 is 0. The van der Waals surface area contributed by atoms with E-state index in [1.54, 1.807) is 0 Å². The number of benzene rings is 6. The van der Waals surface area contributed by atoms with E-state index in [0.29, 0.717) is 5.82 Å². The minimum absolute atomic E-state index is 0.711. The highest BCUT2D eigenvalue weighted by molar-refractivity contribution is 6.04. The van der Waals surface area contributed by atoms with Gasteiger partial charge < -0.3 is 0 Å². The second-order valence-electron chi connectivity index (χ2n) is 11.9. The molecule has 0 saturated heterocycles. The van der Waals surface area contributed by atoms with Crippen molar-refractivity contribution in [2.45, 2.75) is 0 Å². The van der Waals surface area contributed by atoms with Crippen LogP contribution < -0.4 is 0 Å². The Morgan fingerprint density at radius 3 is 1.40 bits per heavy atom. The lowest BCUT2D eigenvalue weighted by molar-refractivity contribution is 1.23. The van der Waals surface area contributed by atoms with E-state index in [0.717, 1.165) is 83.2 Å². The first-order valence-electron chi connectivity index (χ1n) is 16.1. The van der Waals surface area contributed by atoms with Crippen LogP contribution in [0.25, 0.3) is 89.0 Å². The van der Waals surface area contributed by atoms with Crippen LogP contribution >= 0.6 is 0 Å². The van der Waals surface area contributed by atoms with Crippen molar-refractivity contribution in [1.82, 2.24) is 19.9 Å². The summed E-state index contributed by atoms with van der Waals surface area (Å²) in [4.78, 5) is 20.5. The smallest absolute Gasteiger partial charge is 0.160 e. The van der Waals surface area contributed by atoms with Crippen LogP contribution in [-0.4, -0.2) is 19.9 Å². The molecule has 0 saturated carbocycles. The summed E-state index contributed by atoms with van der Waals surface area (Å²) in [6, 6.07) is 58.5. The summed E-state index contributed by atoms with van der Waals surface area (Å²) in [6.45, 7) is 0. The molecule has 48 heavy (non-hydrogen) atoms. The van der Waals surface area contributed by atoms with Gasteiger partial charge in [0.05, 0.1) is 33.6 Å². The van der Waals surface area contributed by atoms with Gasteiger partial charge in [-0.1, -0.05) is 158 Å². The van der Waals surface area contributed by atoms with Gasteiger partial charge in [-0.15, -0.1) is 0 Å². The van der Waals surface area contributed by atoms with Crippen LogP contribution in [0, 0.1) is 0 Å².